The van der Waals surface area contributed by atoms with Crippen molar-refractivity contribution in [2.75, 3.05) is 0 Å². The molecule has 172 valence electrons. The highest BCUT2D eigenvalue weighted by Crippen LogP contribution is 2.44. The number of ketones is 1. The van der Waals surface area contributed by atoms with Crippen LogP contribution >= 0.6 is 0 Å². The van der Waals surface area contributed by atoms with Crippen LogP contribution in [-0.2, 0) is 14.3 Å². The molecule has 0 radical (unpaired) electrons. The Morgan fingerprint density at radius 3 is 2.18 bits per heavy atom. The largest absolute Gasteiger partial charge is 0.478 e. The van der Waals surface area contributed by atoms with Crippen molar-refractivity contribution >= 4 is 17.7 Å². The fourth-order valence-electron chi connectivity index (χ4n) is 4.30. The van der Waals surface area contributed by atoms with Crippen LogP contribution in [0.4, 0.5) is 0 Å². The van der Waals surface area contributed by atoms with E-state index >= 15 is 0 Å². The normalized spacial score (nSPS) is 16.0. The molecule has 0 amide bonds. The van der Waals surface area contributed by atoms with Crippen molar-refractivity contribution in [3.05, 3.63) is 82.2 Å². The van der Waals surface area contributed by atoms with Crippen LogP contribution in [0.3, 0.4) is 0 Å². The van der Waals surface area contributed by atoms with Crippen LogP contribution in [-0.4, -0.2) is 28.9 Å². The molecule has 2 N–H and O–H groups in total. The number of nitrogens with one attached hydrogen (secondary N) is 1. The van der Waals surface area contributed by atoms with Crippen molar-refractivity contribution in [1.29, 1.82) is 0 Å². The first-order chi connectivity index (χ1) is 15.7. The minimum absolute atomic E-state index is 0.0505. The van der Waals surface area contributed by atoms with E-state index in [0.29, 0.717) is 34.5 Å². The van der Waals surface area contributed by atoms with Gasteiger partial charge in [0.05, 0.1) is 23.2 Å². The number of hydrogen-bond donors (Lipinski definition) is 2. The van der Waals surface area contributed by atoms with Crippen LogP contribution in [0.15, 0.2) is 71.1 Å². The second kappa shape index (κ2) is 9.86. The topological polar surface area (TPSA) is 92.7 Å². The van der Waals surface area contributed by atoms with Gasteiger partial charge in [-0.25, -0.2) is 9.59 Å². The van der Waals surface area contributed by atoms with Gasteiger partial charge in [-0.15, -0.1) is 0 Å². The monoisotopic (exact) mass is 447 g/mol. The molecule has 6 nitrogen and oxygen atoms in total. The Balaban J connectivity index is 2.39. The first kappa shape index (κ1) is 24.0. The van der Waals surface area contributed by atoms with E-state index in [1.165, 1.54) is 0 Å². The van der Waals surface area contributed by atoms with E-state index in [0.717, 1.165) is 5.56 Å². The Hall–Kier alpha value is -3.67. The number of allylic oxidation sites excluding steroid dienone is 2. The molecular weight excluding hydrogens is 418 g/mol. The summed E-state index contributed by atoms with van der Waals surface area (Å²) in [4.78, 5) is 38.5. The van der Waals surface area contributed by atoms with Gasteiger partial charge in [-0.3, -0.25) is 4.79 Å². The third-order valence-electron chi connectivity index (χ3n) is 5.65. The van der Waals surface area contributed by atoms with E-state index in [9.17, 15) is 19.5 Å². The third-order valence-corrected chi connectivity index (χ3v) is 5.65. The SMILES string of the molecule is CCC(=O)c1cccc(C2C(C(=O)O)=C(C)NC(C)=C2C(=O)OC(C)C)c1-c1ccccc1. The van der Waals surface area contributed by atoms with Crippen LogP contribution in [0.2, 0.25) is 0 Å². The fourth-order valence-corrected chi connectivity index (χ4v) is 4.30. The predicted molar refractivity (Wildman–Crippen MR) is 127 cm³/mol. The molecule has 6 heteroatoms. The van der Waals surface area contributed by atoms with Gasteiger partial charge in [0.1, 0.15) is 0 Å². The third kappa shape index (κ3) is 4.75. The Morgan fingerprint density at radius 2 is 1.61 bits per heavy atom. The Morgan fingerprint density at radius 1 is 0.970 bits per heavy atom. The van der Waals surface area contributed by atoms with E-state index < -0.39 is 17.9 Å². The molecule has 0 fully saturated rings. The quantitative estimate of drug-likeness (QED) is 0.447. The molecule has 0 spiro atoms. The number of carboxylic acids is 1. The second-order valence-electron chi connectivity index (χ2n) is 8.31. The smallest absolute Gasteiger partial charge is 0.337 e. The van der Waals surface area contributed by atoms with Gasteiger partial charge >= 0.3 is 11.9 Å². The summed E-state index contributed by atoms with van der Waals surface area (Å²) >= 11 is 0. The average Bonchev–Trinajstić information content (AvgIpc) is 2.77. The molecule has 0 aliphatic carbocycles. The van der Waals surface area contributed by atoms with E-state index in [-0.39, 0.29) is 23.0 Å². The van der Waals surface area contributed by atoms with Crippen LogP contribution in [0.1, 0.15) is 62.9 Å². The summed E-state index contributed by atoms with van der Waals surface area (Å²) in [5.41, 5.74) is 3.73. The summed E-state index contributed by atoms with van der Waals surface area (Å²) in [7, 11) is 0. The van der Waals surface area contributed by atoms with E-state index in [4.69, 9.17) is 4.74 Å². The first-order valence-electron chi connectivity index (χ1n) is 11.0. The maximum atomic E-state index is 13.2. The van der Waals surface area contributed by atoms with E-state index in [2.05, 4.69) is 5.32 Å². The van der Waals surface area contributed by atoms with Gasteiger partial charge in [-0.05, 0) is 44.4 Å². The number of dihydropyridines is 1. The molecule has 33 heavy (non-hydrogen) atoms. The zero-order valence-corrected chi connectivity index (χ0v) is 19.6. The van der Waals surface area contributed by atoms with Crippen molar-refractivity contribution < 1.29 is 24.2 Å². The van der Waals surface area contributed by atoms with E-state index in [1.54, 1.807) is 52.8 Å². The second-order valence-corrected chi connectivity index (χ2v) is 8.31. The number of Topliss-reactive ketones (excluding diaryl/α,β-unsaturated/α-hetero) is 1. The minimum Gasteiger partial charge on any atom is -0.478 e. The molecule has 2 aromatic carbocycles. The molecule has 0 bridgehead atoms. The zero-order chi connectivity index (χ0) is 24.3. The van der Waals surface area contributed by atoms with Gasteiger partial charge in [0.2, 0.25) is 0 Å². The predicted octanol–water partition coefficient (Wildman–Crippen LogP) is 5.22. The highest BCUT2D eigenvalue weighted by molar-refractivity contribution is 6.05. The molecule has 1 aliphatic heterocycles. The van der Waals surface area contributed by atoms with Crippen LogP contribution in [0.25, 0.3) is 11.1 Å². The number of carbonyl (C=O) groups is 3. The van der Waals surface area contributed by atoms with Gasteiger partial charge in [0.25, 0.3) is 0 Å². The number of benzene rings is 2. The van der Waals surface area contributed by atoms with Gasteiger partial charge in [0.15, 0.2) is 5.78 Å². The molecular formula is C27H29NO5. The molecule has 1 atom stereocenters. The van der Waals surface area contributed by atoms with Crippen LogP contribution in [0.5, 0.6) is 0 Å². The summed E-state index contributed by atoms with van der Waals surface area (Å²) in [5.74, 6) is -2.69. The van der Waals surface area contributed by atoms with Gasteiger partial charge in [-0.2, -0.15) is 0 Å². The zero-order valence-electron chi connectivity index (χ0n) is 19.6. The Kier molecular flexibility index (Phi) is 7.16. The lowest BCUT2D eigenvalue weighted by Crippen LogP contribution is -2.32. The fraction of sp³-hybridized carbons (Fsp3) is 0.296. The van der Waals surface area contributed by atoms with Crippen molar-refractivity contribution in [2.24, 2.45) is 0 Å². The van der Waals surface area contributed by atoms with Gasteiger partial charge in [0, 0.05) is 23.4 Å². The maximum Gasteiger partial charge on any atom is 0.337 e. The Bertz CT molecular complexity index is 1160. The minimum atomic E-state index is -1.14. The molecule has 0 saturated carbocycles. The lowest BCUT2D eigenvalue weighted by molar-refractivity contribution is -0.143. The summed E-state index contributed by atoms with van der Waals surface area (Å²) in [6, 6.07) is 14.6. The van der Waals surface area contributed by atoms with Crippen molar-refractivity contribution in [3.63, 3.8) is 0 Å². The van der Waals surface area contributed by atoms with Crippen LogP contribution in [0, 0.1) is 0 Å². The molecule has 1 aliphatic rings. The molecule has 0 saturated heterocycles. The molecule has 3 rings (SSSR count). The van der Waals surface area contributed by atoms with Crippen molar-refractivity contribution in [2.45, 2.75) is 53.1 Å². The molecule has 0 aromatic heterocycles. The summed E-state index contributed by atoms with van der Waals surface area (Å²) in [6.07, 6.45) is -0.0758. The lowest BCUT2D eigenvalue weighted by atomic mass is 9.76. The number of ether oxygens (including phenoxy) is 1. The number of carboxylic acid groups (broad SMARTS) is 1. The average molecular weight is 448 g/mol. The molecule has 2 aromatic rings. The standard InChI is InChI=1S/C27H29NO5/c1-6-21(29)19-13-10-14-20(24(19)18-11-8-7-9-12-18)25-22(26(30)31)16(4)28-17(5)23(25)27(32)33-15(2)3/h7-15,25,28H,6H2,1-5H3,(H,30,31). The number of hydrogen-bond acceptors (Lipinski definition) is 5. The number of esters is 1. The summed E-state index contributed by atoms with van der Waals surface area (Å²) in [6.45, 7) is 8.68. The highest BCUT2D eigenvalue weighted by atomic mass is 16.5. The van der Waals surface area contributed by atoms with Gasteiger partial charge < -0.3 is 15.2 Å². The highest BCUT2D eigenvalue weighted by Gasteiger charge is 2.39. The van der Waals surface area contributed by atoms with Crippen LogP contribution < -0.4 is 5.32 Å². The molecule has 1 heterocycles. The van der Waals surface area contributed by atoms with E-state index in [1.807, 2.05) is 30.3 Å². The lowest BCUT2D eigenvalue weighted by Gasteiger charge is -2.31. The van der Waals surface area contributed by atoms with Crippen molar-refractivity contribution in [1.82, 2.24) is 5.32 Å². The Labute approximate surface area is 194 Å². The summed E-state index contributed by atoms with van der Waals surface area (Å²) in [5, 5.41) is 13.2. The van der Waals surface area contributed by atoms with Gasteiger partial charge in [-0.1, -0.05) is 55.5 Å². The van der Waals surface area contributed by atoms with Crippen molar-refractivity contribution in [3.8, 4) is 11.1 Å². The number of rotatable bonds is 7. The summed E-state index contributed by atoms with van der Waals surface area (Å²) < 4.78 is 5.50. The number of aliphatic carboxylic acids is 1. The maximum absolute atomic E-state index is 13.2. The first-order valence-corrected chi connectivity index (χ1v) is 11.0. The number of carbonyl (C=O) groups excluding carboxylic acids is 2. The molecule has 1 unspecified atom stereocenters.